The van der Waals surface area contributed by atoms with Crippen LogP contribution < -0.4 is 10.6 Å². The summed E-state index contributed by atoms with van der Waals surface area (Å²) in [6, 6.07) is 1.74. The third kappa shape index (κ3) is 3.39. The van der Waals surface area contributed by atoms with Crippen LogP contribution in [-0.4, -0.2) is 40.0 Å². The van der Waals surface area contributed by atoms with Gasteiger partial charge in [-0.2, -0.15) is 5.10 Å². The summed E-state index contributed by atoms with van der Waals surface area (Å²) in [6.45, 7) is 2.42. The van der Waals surface area contributed by atoms with Crippen LogP contribution in [0.1, 0.15) is 18.9 Å². The van der Waals surface area contributed by atoms with Crippen molar-refractivity contribution in [2.45, 2.75) is 19.4 Å². The molecule has 5 nitrogen and oxygen atoms in total. The van der Waals surface area contributed by atoms with Crippen LogP contribution in [0.4, 0.5) is 5.82 Å². The van der Waals surface area contributed by atoms with Crippen molar-refractivity contribution in [1.82, 2.24) is 10.2 Å². The molecule has 16 heavy (non-hydrogen) atoms. The maximum Gasteiger partial charge on any atom is 0.161 e. The number of hydrogen-bond acceptors (Lipinski definition) is 5. The van der Waals surface area contributed by atoms with Gasteiger partial charge in [-0.3, -0.25) is 0 Å². The molecule has 0 aliphatic carbocycles. The highest BCUT2D eigenvalue weighted by molar-refractivity contribution is 7.80. The highest BCUT2D eigenvalue weighted by atomic mass is 32.1. The highest BCUT2D eigenvalue weighted by Gasteiger charge is 2.11. The van der Waals surface area contributed by atoms with Crippen LogP contribution in [0.25, 0.3) is 0 Å². The topological polar surface area (TPSA) is 75.3 Å². The molecule has 0 aliphatic rings. The molecular formula is C10H16N4OS. The van der Waals surface area contributed by atoms with Crippen molar-refractivity contribution in [3.05, 3.63) is 17.8 Å². The van der Waals surface area contributed by atoms with Crippen molar-refractivity contribution in [2.24, 2.45) is 5.73 Å². The van der Waals surface area contributed by atoms with E-state index in [2.05, 4.69) is 10.2 Å². The number of thiocarbonyl (C=S) groups is 1. The van der Waals surface area contributed by atoms with E-state index in [1.54, 1.807) is 19.2 Å². The number of nitrogens with two attached hydrogens (primary N) is 1. The van der Waals surface area contributed by atoms with Gasteiger partial charge in [-0.05, 0) is 19.4 Å². The van der Waals surface area contributed by atoms with Gasteiger partial charge < -0.3 is 15.7 Å². The smallest absolute Gasteiger partial charge is 0.161 e. The zero-order chi connectivity index (χ0) is 12.1. The number of hydrogen-bond donors (Lipinski definition) is 2. The van der Waals surface area contributed by atoms with E-state index < -0.39 is 0 Å². The van der Waals surface area contributed by atoms with Gasteiger partial charge in [0.1, 0.15) is 4.99 Å². The van der Waals surface area contributed by atoms with Crippen LogP contribution in [0.3, 0.4) is 0 Å². The maximum absolute atomic E-state index is 9.21. The molecular weight excluding hydrogens is 224 g/mol. The number of rotatable bonds is 5. The van der Waals surface area contributed by atoms with Gasteiger partial charge in [0.25, 0.3) is 0 Å². The minimum absolute atomic E-state index is 0.300. The van der Waals surface area contributed by atoms with Crippen molar-refractivity contribution >= 4 is 23.0 Å². The minimum Gasteiger partial charge on any atom is -0.393 e. The lowest BCUT2D eigenvalue weighted by atomic mass is 10.2. The summed E-state index contributed by atoms with van der Waals surface area (Å²) in [5, 5.41) is 17.0. The van der Waals surface area contributed by atoms with Gasteiger partial charge in [0.2, 0.25) is 0 Å². The van der Waals surface area contributed by atoms with Crippen LogP contribution in [-0.2, 0) is 0 Å². The summed E-state index contributed by atoms with van der Waals surface area (Å²) in [7, 11) is 1.87. The number of aliphatic hydroxyl groups is 1. The Hall–Kier alpha value is -1.27. The second-order valence-electron chi connectivity index (χ2n) is 3.69. The summed E-state index contributed by atoms with van der Waals surface area (Å²) in [6.07, 6.45) is 1.87. The molecule has 0 amide bonds. The molecule has 0 fully saturated rings. The molecule has 0 saturated heterocycles. The van der Waals surface area contributed by atoms with Crippen LogP contribution in [0.2, 0.25) is 0 Å². The molecule has 1 aromatic rings. The van der Waals surface area contributed by atoms with E-state index in [1.807, 2.05) is 11.9 Å². The van der Waals surface area contributed by atoms with E-state index in [9.17, 15) is 5.11 Å². The van der Waals surface area contributed by atoms with Gasteiger partial charge in [0, 0.05) is 13.6 Å². The van der Waals surface area contributed by atoms with E-state index in [-0.39, 0.29) is 6.10 Å². The SMILES string of the molecule is CC(O)CCN(C)c1nnccc1C(N)=S. The summed E-state index contributed by atoms with van der Waals surface area (Å²) in [5.41, 5.74) is 6.30. The van der Waals surface area contributed by atoms with Crippen molar-refractivity contribution in [2.75, 3.05) is 18.5 Å². The van der Waals surface area contributed by atoms with Gasteiger partial charge in [0.05, 0.1) is 17.9 Å². The van der Waals surface area contributed by atoms with Gasteiger partial charge in [-0.1, -0.05) is 12.2 Å². The summed E-state index contributed by atoms with van der Waals surface area (Å²) in [4.78, 5) is 2.18. The second kappa shape index (κ2) is 5.72. The fraction of sp³-hybridized carbons (Fsp3) is 0.500. The number of aliphatic hydroxyl groups excluding tert-OH is 1. The average molecular weight is 240 g/mol. The lowest BCUT2D eigenvalue weighted by Gasteiger charge is -2.20. The van der Waals surface area contributed by atoms with E-state index in [4.69, 9.17) is 18.0 Å². The van der Waals surface area contributed by atoms with Crippen LogP contribution in [0.15, 0.2) is 12.3 Å². The van der Waals surface area contributed by atoms with Crippen molar-refractivity contribution < 1.29 is 5.11 Å². The molecule has 0 aliphatic heterocycles. The predicted octanol–water partition coefficient (Wildman–Crippen LogP) is 0.318. The predicted molar refractivity (Wildman–Crippen MR) is 67.5 cm³/mol. The van der Waals surface area contributed by atoms with Crippen LogP contribution in [0, 0.1) is 0 Å². The molecule has 0 aromatic carbocycles. The summed E-state index contributed by atoms with van der Waals surface area (Å²) < 4.78 is 0. The average Bonchev–Trinajstić information content (AvgIpc) is 2.25. The molecule has 1 unspecified atom stereocenters. The number of anilines is 1. The Morgan fingerprint density at radius 2 is 2.38 bits per heavy atom. The zero-order valence-corrected chi connectivity index (χ0v) is 10.2. The Balaban J connectivity index is 2.82. The molecule has 0 spiro atoms. The third-order valence-corrected chi connectivity index (χ3v) is 2.43. The van der Waals surface area contributed by atoms with Gasteiger partial charge >= 0.3 is 0 Å². The molecule has 0 bridgehead atoms. The van der Waals surface area contributed by atoms with E-state index in [0.29, 0.717) is 29.3 Å². The van der Waals surface area contributed by atoms with Crippen molar-refractivity contribution in [3.8, 4) is 0 Å². The molecule has 88 valence electrons. The molecule has 1 rings (SSSR count). The first-order chi connectivity index (χ1) is 7.52. The first kappa shape index (κ1) is 12.8. The van der Waals surface area contributed by atoms with Gasteiger partial charge in [0.15, 0.2) is 5.82 Å². The molecule has 6 heteroatoms. The Morgan fingerprint density at radius 1 is 1.69 bits per heavy atom. The molecule has 0 radical (unpaired) electrons. The lowest BCUT2D eigenvalue weighted by Crippen LogP contribution is -2.26. The fourth-order valence-corrected chi connectivity index (χ4v) is 1.44. The quantitative estimate of drug-likeness (QED) is 0.722. The standard InChI is InChI=1S/C10H16N4OS/c1-7(15)4-6-14(2)10-8(9(11)16)3-5-12-13-10/h3,5,7,15H,4,6H2,1-2H3,(H2,11,16). The van der Waals surface area contributed by atoms with Gasteiger partial charge in [-0.15, -0.1) is 5.10 Å². The molecule has 1 aromatic heterocycles. The molecule has 1 atom stereocenters. The fourth-order valence-electron chi connectivity index (χ4n) is 1.28. The highest BCUT2D eigenvalue weighted by Crippen LogP contribution is 2.14. The van der Waals surface area contributed by atoms with E-state index in [1.165, 1.54) is 0 Å². The minimum atomic E-state index is -0.340. The zero-order valence-electron chi connectivity index (χ0n) is 9.42. The van der Waals surface area contributed by atoms with Crippen molar-refractivity contribution in [3.63, 3.8) is 0 Å². The van der Waals surface area contributed by atoms with Crippen LogP contribution >= 0.6 is 12.2 Å². The monoisotopic (exact) mass is 240 g/mol. The van der Waals surface area contributed by atoms with Crippen molar-refractivity contribution in [1.29, 1.82) is 0 Å². The molecule has 0 saturated carbocycles. The third-order valence-electron chi connectivity index (χ3n) is 2.21. The van der Waals surface area contributed by atoms with E-state index >= 15 is 0 Å². The number of nitrogens with zero attached hydrogens (tertiary/aromatic N) is 3. The second-order valence-corrected chi connectivity index (χ2v) is 4.13. The Morgan fingerprint density at radius 3 is 2.94 bits per heavy atom. The lowest BCUT2D eigenvalue weighted by molar-refractivity contribution is 0.187. The maximum atomic E-state index is 9.21. The largest absolute Gasteiger partial charge is 0.393 e. The molecule has 3 N–H and O–H groups in total. The Kier molecular flexibility index (Phi) is 4.57. The Labute approximate surface area is 100 Å². The van der Waals surface area contributed by atoms with Crippen LogP contribution in [0.5, 0.6) is 0 Å². The molecule has 1 heterocycles. The Bertz CT molecular complexity index is 370. The summed E-state index contributed by atoms with van der Waals surface area (Å²) >= 11 is 4.94. The summed E-state index contributed by atoms with van der Waals surface area (Å²) in [5.74, 6) is 0.649. The first-order valence-corrected chi connectivity index (χ1v) is 5.44. The number of aromatic nitrogens is 2. The first-order valence-electron chi connectivity index (χ1n) is 5.03. The van der Waals surface area contributed by atoms with Gasteiger partial charge in [-0.25, -0.2) is 0 Å². The van der Waals surface area contributed by atoms with E-state index in [0.717, 1.165) is 0 Å². The normalized spacial score (nSPS) is 12.2.